The monoisotopic (exact) mass is 273 g/mol. The Kier molecular flexibility index (Phi) is 3.55. The van der Waals surface area contributed by atoms with Crippen LogP contribution < -0.4 is 0 Å². The lowest BCUT2D eigenvalue weighted by Gasteiger charge is -2.04. The van der Waals surface area contributed by atoms with Gasteiger partial charge < -0.3 is 0 Å². The van der Waals surface area contributed by atoms with E-state index in [1.807, 2.05) is 0 Å². The Morgan fingerprint density at radius 1 is 1.54 bits per heavy atom. The number of hydrogen-bond acceptors (Lipinski definition) is 1. The van der Waals surface area contributed by atoms with Gasteiger partial charge in [0.25, 0.3) is 6.43 Å². The molecule has 0 aliphatic carbocycles. The van der Waals surface area contributed by atoms with Crippen LogP contribution in [0, 0.1) is 5.82 Å². The van der Waals surface area contributed by atoms with E-state index >= 15 is 0 Å². The number of rotatable bonds is 2. The normalized spacial score (nSPS) is 10.9. The van der Waals surface area contributed by atoms with Crippen LogP contribution in [0.5, 0.6) is 0 Å². The Hall–Kier alpha value is -0.290. The lowest BCUT2D eigenvalue weighted by atomic mass is 10.3. The van der Waals surface area contributed by atoms with Crippen molar-refractivity contribution >= 4 is 27.5 Å². The third-order valence-corrected chi connectivity index (χ3v) is 2.19. The van der Waals surface area contributed by atoms with Gasteiger partial charge in [-0.2, -0.15) is 0 Å². The highest BCUT2D eigenvalue weighted by molar-refractivity contribution is 9.10. The number of pyridine rings is 1. The van der Waals surface area contributed by atoms with E-state index in [2.05, 4.69) is 20.9 Å². The first-order valence-corrected chi connectivity index (χ1v) is 4.58. The van der Waals surface area contributed by atoms with E-state index < -0.39 is 17.9 Å². The maximum absolute atomic E-state index is 12.9. The largest absolute Gasteiger partial charge is 0.283 e. The molecule has 0 unspecified atom stereocenters. The van der Waals surface area contributed by atoms with Gasteiger partial charge in [-0.1, -0.05) is 0 Å². The molecule has 6 heteroatoms. The molecule has 0 amide bonds. The van der Waals surface area contributed by atoms with Crippen LogP contribution in [0.1, 0.15) is 17.8 Å². The Balaban J connectivity index is 3.25. The van der Waals surface area contributed by atoms with E-state index in [4.69, 9.17) is 11.6 Å². The van der Waals surface area contributed by atoms with Gasteiger partial charge in [0.1, 0.15) is 5.69 Å². The van der Waals surface area contributed by atoms with Crippen LogP contribution in [-0.4, -0.2) is 4.98 Å². The lowest BCUT2D eigenvalue weighted by molar-refractivity contribution is 0.140. The van der Waals surface area contributed by atoms with Crippen molar-refractivity contribution in [3.63, 3.8) is 0 Å². The Labute approximate surface area is 86.0 Å². The van der Waals surface area contributed by atoms with Crippen LogP contribution in [0.25, 0.3) is 0 Å². The zero-order valence-electron chi connectivity index (χ0n) is 6.20. The fourth-order valence-electron chi connectivity index (χ4n) is 0.781. The summed E-state index contributed by atoms with van der Waals surface area (Å²) in [4.78, 5) is 3.36. The van der Waals surface area contributed by atoms with E-state index in [9.17, 15) is 13.2 Å². The summed E-state index contributed by atoms with van der Waals surface area (Å²) in [5.74, 6) is -1.07. The topological polar surface area (TPSA) is 12.9 Å². The van der Waals surface area contributed by atoms with Gasteiger partial charge in [-0.15, -0.1) is 11.6 Å². The van der Waals surface area contributed by atoms with Crippen LogP contribution in [0.2, 0.25) is 0 Å². The molecule has 0 radical (unpaired) electrons. The molecule has 0 spiro atoms. The van der Waals surface area contributed by atoms with Gasteiger partial charge in [0.2, 0.25) is 0 Å². The molecule has 1 rings (SSSR count). The third kappa shape index (κ3) is 2.34. The summed E-state index contributed by atoms with van der Waals surface area (Å²) in [6.45, 7) is 0. The molecule has 0 saturated carbocycles. The second-order valence-corrected chi connectivity index (χ2v) is 3.35. The molecule has 1 heterocycles. The maximum Gasteiger partial charge on any atom is 0.283 e. The van der Waals surface area contributed by atoms with Gasteiger partial charge >= 0.3 is 0 Å². The Bertz CT molecular complexity index is 319. The summed E-state index contributed by atoms with van der Waals surface area (Å²) >= 11 is 8.18. The predicted molar refractivity (Wildman–Crippen MR) is 46.4 cm³/mol. The van der Waals surface area contributed by atoms with Crippen molar-refractivity contribution in [1.82, 2.24) is 4.98 Å². The maximum atomic E-state index is 12.9. The predicted octanol–water partition coefficient (Wildman–Crippen LogP) is 3.66. The van der Waals surface area contributed by atoms with Gasteiger partial charge in [0, 0.05) is 0 Å². The standard InChI is InChI=1S/C7H4BrClF3N/c8-4-1-3(2-9)13-6(5(4)10)7(11)12/h1,7H,2H2. The fraction of sp³-hybridized carbons (Fsp3) is 0.286. The van der Waals surface area contributed by atoms with E-state index in [1.165, 1.54) is 6.07 Å². The minimum Gasteiger partial charge on any atom is -0.247 e. The molecule has 0 N–H and O–H groups in total. The van der Waals surface area contributed by atoms with Gasteiger partial charge in [-0.25, -0.2) is 18.2 Å². The molecule has 13 heavy (non-hydrogen) atoms. The summed E-state index contributed by atoms with van der Waals surface area (Å²) < 4.78 is 37.2. The van der Waals surface area contributed by atoms with E-state index in [0.717, 1.165) is 0 Å². The fourth-order valence-corrected chi connectivity index (χ4v) is 1.39. The van der Waals surface area contributed by atoms with Crippen LogP contribution in [0.15, 0.2) is 10.5 Å². The van der Waals surface area contributed by atoms with Crippen LogP contribution >= 0.6 is 27.5 Å². The average molecular weight is 274 g/mol. The van der Waals surface area contributed by atoms with Crippen molar-refractivity contribution in [1.29, 1.82) is 0 Å². The van der Waals surface area contributed by atoms with Crippen molar-refractivity contribution in [2.75, 3.05) is 0 Å². The smallest absolute Gasteiger partial charge is 0.247 e. The first kappa shape index (κ1) is 10.8. The molecular weight excluding hydrogens is 270 g/mol. The van der Waals surface area contributed by atoms with Crippen molar-refractivity contribution in [2.24, 2.45) is 0 Å². The molecule has 0 aliphatic heterocycles. The zero-order chi connectivity index (χ0) is 10.0. The van der Waals surface area contributed by atoms with Gasteiger partial charge in [-0.3, -0.25) is 0 Å². The summed E-state index contributed by atoms with van der Waals surface area (Å²) in [5.41, 5.74) is -0.657. The first-order chi connectivity index (χ1) is 6.06. The van der Waals surface area contributed by atoms with Crippen molar-refractivity contribution in [3.05, 3.63) is 27.7 Å². The van der Waals surface area contributed by atoms with Crippen LogP contribution in [0.4, 0.5) is 13.2 Å². The summed E-state index contributed by atoms with van der Waals surface area (Å²) in [6.07, 6.45) is -2.93. The van der Waals surface area contributed by atoms with Gasteiger partial charge in [0.05, 0.1) is 16.0 Å². The van der Waals surface area contributed by atoms with Crippen molar-refractivity contribution < 1.29 is 13.2 Å². The van der Waals surface area contributed by atoms with Crippen molar-refractivity contribution in [3.8, 4) is 0 Å². The number of aromatic nitrogens is 1. The van der Waals surface area contributed by atoms with E-state index in [0.29, 0.717) is 0 Å². The first-order valence-electron chi connectivity index (χ1n) is 3.25. The molecule has 0 fully saturated rings. The lowest BCUT2D eigenvalue weighted by Crippen LogP contribution is -2.00. The molecule has 0 saturated heterocycles. The molecule has 72 valence electrons. The molecule has 1 aromatic heterocycles. The number of hydrogen-bond donors (Lipinski definition) is 0. The molecular formula is C7H4BrClF3N. The second-order valence-electron chi connectivity index (χ2n) is 2.23. The SMILES string of the molecule is Fc1c(Br)cc(CCl)nc1C(F)F. The van der Waals surface area contributed by atoms with E-state index in [-0.39, 0.29) is 16.0 Å². The highest BCUT2D eigenvalue weighted by atomic mass is 79.9. The molecule has 1 nitrogen and oxygen atoms in total. The molecule has 0 atom stereocenters. The highest BCUT2D eigenvalue weighted by Gasteiger charge is 2.18. The van der Waals surface area contributed by atoms with Gasteiger partial charge in [0.15, 0.2) is 5.82 Å². The Morgan fingerprint density at radius 3 is 2.62 bits per heavy atom. The van der Waals surface area contributed by atoms with Crippen molar-refractivity contribution in [2.45, 2.75) is 12.3 Å². The summed E-state index contributed by atoms with van der Waals surface area (Å²) in [6, 6.07) is 1.27. The zero-order valence-corrected chi connectivity index (χ0v) is 8.54. The molecule has 0 aromatic carbocycles. The van der Waals surface area contributed by atoms with Crippen LogP contribution in [-0.2, 0) is 5.88 Å². The molecule has 0 bridgehead atoms. The highest BCUT2D eigenvalue weighted by Crippen LogP contribution is 2.26. The second kappa shape index (κ2) is 4.28. The number of alkyl halides is 3. The molecule has 1 aromatic rings. The number of halogens is 5. The number of nitrogens with zero attached hydrogens (tertiary/aromatic N) is 1. The summed E-state index contributed by atoms with van der Waals surface area (Å²) in [7, 11) is 0. The van der Waals surface area contributed by atoms with E-state index in [1.54, 1.807) is 0 Å². The summed E-state index contributed by atoms with van der Waals surface area (Å²) in [5, 5.41) is 0. The molecule has 0 aliphatic rings. The third-order valence-electron chi connectivity index (χ3n) is 1.34. The van der Waals surface area contributed by atoms with Gasteiger partial charge in [-0.05, 0) is 22.0 Å². The average Bonchev–Trinajstić information content (AvgIpc) is 2.09. The quantitative estimate of drug-likeness (QED) is 0.750. The minimum atomic E-state index is -2.93. The Morgan fingerprint density at radius 2 is 2.15 bits per heavy atom. The van der Waals surface area contributed by atoms with Crippen LogP contribution in [0.3, 0.4) is 0 Å². The minimum absolute atomic E-state index is 0.0292.